The number of aromatic nitrogens is 1. The number of methoxy groups -OCH3 is 2. The van der Waals surface area contributed by atoms with Crippen molar-refractivity contribution >= 4 is 23.1 Å². The van der Waals surface area contributed by atoms with E-state index in [-0.39, 0.29) is 6.10 Å². The van der Waals surface area contributed by atoms with Crippen LogP contribution in [-0.2, 0) is 9.47 Å². The van der Waals surface area contributed by atoms with Crippen molar-refractivity contribution in [2.75, 3.05) is 20.0 Å². The van der Waals surface area contributed by atoms with Crippen molar-refractivity contribution in [1.29, 1.82) is 0 Å². The lowest BCUT2D eigenvalue weighted by Crippen LogP contribution is -2.15. The molecule has 6 heteroatoms. The fraction of sp³-hybridized carbons (Fsp3) is 0.357. The van der Waals surface area contributed by atoms with Gasteiger partial charge < -0.3 is 14.2 Å². The number of thiazole rings is 1. The van der Waals surface area contributed by atoms with E-state index in [0.29, 0.717) is 0 Å². The van der Waals surface area contributed by atoms with E-state index in [1.807, 2.05) is 23.6 Å². The molecule has 0 bridgehead atoms. The molecule has 0 radical (unpaired) electrons. The maximum atomic E-state index is 6.02. The second kappa shape index (κ2) is 6.13. The lowest BCUT2D eigenvalue weighted by atomic mass is 10.3. The molecule has 4 nitrogen and oxygen atoms in total. The highest BCUT2D eigenvalue weighted by Gasteiger charge is 2.25. The predicted molar refractivity (Wildman–Crippen MR) is 79.4 cm³/mol. The van der Waals surface area contributed by atoms with E-state index in [0.717, 1.165) is 22.2 Å². The molecule has 2 aromatic rings. The van der Waals surface area contributed by atoms with E-state index in [9.17, 15) is 0 Å². The number of thioether (sulfide) groups is 1. The highest BCUT2D eigenvalue weighted by atomic mass is 32.2. The number of rotatable bonds is 4. The van der Waals surface area contributed by atoms with Gasteiger partial charge in [-0.1, -0.05) is 12.1 Å². The minimum Gasteiger partial charge on any atom is -0.481 e. The van der Waals surface area contributed by atoms with E-state index < -0.39 is 6.29 Å². The van der Waals surface area contributed by atoms with Gasteiger partial charge in [0.05, 0.1) is 0 Å². The van der Waals surface area contributed by atoms with Crippen LogP contribution in [0.1, 0.15) is 23.1 Å². The van der Waals surface area contributed by atoms with Gasteiger partial charge in [0.25, 0.3) is 0 Å². The topological polar surface area (TPSA) is 40.6 Å². The van der Waals surface area contributed by atoms with E-state index in [1.54, 1.807) is 37.3 Å². The van der Waals surface area contributed by atoms with Gasteiger partial charge in [0.2, 0.25) is 6.29 Å². The number of nitrogens with zero attached hydrogens (tertiary/aromatic N) is 1. The Morgan fingerprint density at radius 3 is 2.90 bits per heavy atom. The second-order valence-electron chi connectivity index (χ2n) is 4.28. The van der Waals surface area contributed by atoms with Gasteiger partial charge in [-0.15, -0.1) is 23.1 Å². The molecular formula is C14H15NO3S2. The standard InChI is InChI=1S/C14H15NO3S2/c1-16-14(17-2)9-7-20-13(15-9)11-8-19-12-6-4-3-5-10(12)18-11/h3-7,11,14H,8H2,1-2H3. The molecule has 1 atom stereocenters. The van der Waals surface area contributed by atoms with Gasteiger partial charge in [-0.3, -0.25) is 0 Å². The molecule has 0 N–H and O–H groups in total. The highest BCUT2D eigenvalue weighted by molar-refractivity contribution is 7.99. The molecule has 0 aliphatic carbocycles. The van der Waals surface area contributed by atoms with Gasteiger partial charge in [-0.2, -0.15) is 0 Å². The maximum Gasteiger partial charge on any atom is 0.201 e. The van der Waals surface area contributed by atoms with Crippen LogP contribution >= 0.6 is 23.1 Å². The third-order valence-corrected chi connectivity index (χ3v) is 5.07. The first-order valence-corrected chi connectivity index (χ1v) is 8.07. The molecule has 0 saturated carbocycles. The van der Waals surface area contributed by atoms with Crippen LogP contribution in [0.4, 0.5) is 0 Å². The zero-order valence-electron chi connectivity index (χ0n) is 11.2. The van der Waals surface area contributed by atoms with Crippen LogP contribution < -0.4 is 4.74 Å². The number of para-hydroxylation sites is 1. The summed E-state index contributed by atoms with van der Waals surface area (Å²) in [7, 11) is 3.22. The fourth-order valence-electron chi connectivity index (χ4n) is 2.04. The SMILES string of the molecule is COC(OC)c1csc(C2CSc3ccccc3O2)n1. The third kappa shape index (κ3) is 2.69. The normalized spacial score (nSPS) is 17.9. The zero-order valence-corrected chi connectivity index (χ0v) is 12.9. The first kappa shape index (κ1) is 13.9. The molecule has 2 heterocycles. The van der Waals surface area contributed by atoms with E-state index in [1.165, 1.54) is 4.90 Å². The average molecular weight is 309 g/mol. The van der Waals surface area contributed by atoms with Gasteiger partial charge >= 0.3 is 0 Å². The monoisotopic (exact) mass is 309 g/mol. The molecule has 1 aliphatic rings. The lowest BCUT2D eigenvalue weighted by Gasteiger charge is -2.23. The van der Waals surface area contributed by atoms with Crippen LogP contribution in [0.25, 0.3) is 0 Å². The summed E-state index contributed by atoms with van der Waals surface area (Å²) in [6.45, 7) is 0. The van der Waals surface area contributed by atoms with Gasteiger partial charge in [0, 0.05) is 30.2 Å². The van der Waals surface area contributed by atoms with Crippen LogP contribution in [0.15, 0.2) is 34.5 Å². The fourth-order valence-corrected chi connectivity index (χ4v) is 3.98. The number of fused-ring (bicyclic) bond motifs is 1. The van der Waals surface area contributed by atoms with Gasteiger partial charge in [0.1, 0.15) is 16.5 Å². The molecule has 0 saturated heterocycles. The molecule has 20 heavy (non-hydrogen) atoms. The first-order chi connectivity index (χ1) is 9.81. The van der Waals surface area contributed by atoms with Crippen LogP contribution in [0.2, 0.25) is 0 Å². The average Bonchev–Trinajstić information content (AvgIpc) is 2.98. The van der Waals surface area contributed by atoms with Gasteiger partial charge in [-0.25, -0.2) is 4.98 Å². The smallest absolute Gasteiger partial charge is 0.201 e. The first-order valence-electron chi connectivity index (χ1n) is 6.21. The van der Waals surface area contributed by atoms with Crippen molar-refractivity contribution in [3.05, 3.63) is 40.3 Å². The van der Waals surface area contributed by atoms with Gasteiger partial charge in [0.15, 0.2) is 6.10 Å². The van der Waals surface area contributed by atoms with Crippen molar-refractivity contribution in [2.24, 2.45) is 0 Å². The molecule has 0 spiro atoms. The summed E-state index contributed by atoms with van der Waals surface area (Å²) in [6.07, 6.45) is -0.424. The summed E-state index contributed by atoms with van der Waals surface area (Å²) >= 11 is 3.38. The molecule has 1 unspecified atom stereocenters. The Kier molecular flexibility index (Phi) is 4.26. The van der Waals surface area contributed by atoms with Crippen LogP contribution in [-0.4, -0.2) is 25.0 Å². The molecule has 0 fully saturated rings. The molecule has 1 aromatic carbocycles. The quantitative estimate of drug-likeness (QED) is 0.806. The van der Waals surface area contributed by atoms with Crippen molar-refractivity contribution in [3.8, 4) is 5.75 Å². The van der Waals surface area contributed by atoms with E-state index >= 15 is 0 Å². The summed E-state index contributed by atoms with van der Waals surface area (Å²) in [5.74, 6) is 1.80. The molecule has 1 aromatic heterocycles. The van der Waals surface area contributed by atoms with Crippen LogP contribution in [0.5, 0.6) is 5.75 Å². The Hall–Kier alpha value is -1.08. The Balaban J connectivity index is 1.78. The number of hydrogen-bond acceptors (Lipinski definition) is 6. The number of benzene rings is 1. The number of hydrogen-bond donors (Lipinski definition) is 0. The van der Waals surface area contributed by atoms with Crippen LogP contribution in [0, 0.1) is 0 Å². The largest absolute Gasteiger partial charge is 0.481 e. The third-order valence-electron chi connectivity index (χ3n) is 2.99. The van der Waals surface area contributed by atoms with Crippen molar-refractivity contribution in [3.63, 3.8) is 0 Å². The summed E-state index contributed by atoms with van der Waals surface area (Å²) in [5.41, 5.74) is 0.794. The lowest BCUT2D eigenvalue weighted by molar-refractivity contribution is -0.108. The molecule has 1 aliphatic heterocycles. The Morgan fingerprint density at radius 2 is 2.10 bits per heavy atom. The van der Waals surface area contributed by atoms with E-state index in [4.69, 9.17) is 14.2 Å². The summed E-state index contributed by atoms with van der Waals surface area (Å²) in [5, 5.41) is 2.92. The summed E-state index contributed by atoms with van der Waals surface area (Å²) in [4.78, 5) is 5.77. The molecular weight excluding hydrogens is 294 g/mol. The predicted octanol–water partition coefficient (Wildman–Crippen LogP) is 3.66. The van der Waals surface area contributed by atoms with Gasteiger partial charge in [-0.05, 0) is 12.1 Å². The van der Waals surface area contributed by atoms with E-state index in [2.05, 4.69) is 11.1 Å². The Labute approximate surface area is 126 Å². The maximum absolute atomic E-state index is 6.02. The number of ether oxygens (including phenoxy) is 3. The zero-order chi connectivity index (χ0) is 13.9. The molecule has 106 valence electrons. The van der Waals surface area contributed by atoms with Crippen LogP contribution in [0.3, 0.4) is 0 Å². The van der Waals surface area contributed by atoms with Crippen molar-refractivity contribution < 1.29 is 14.2 Å². The molecule has 3 rings (SSSR count). The summed E-state index contributed by atoms with van der Waals surface area (Å²) in [6, 6.07) is 8.09. The minimum absolute atomic E-state index is 0.0111. The Morgan fingerprint density at radius 1 is 1.30 bits per heavy atom. The summed E-state index contributed by atoms with van der Waals surface area (Å²) < 4.78 is 16.5. The van der Waals surface area contributed by atoms with Crippen molar-refractivity contribution in [1.82, 2.24) is 4.98 Å². The second-order valence-corrected chi connectivity index (χ2v) is 6.23. The minimum atomic E-state index is -0.413. The van der Waals surface area contributed by atoms with Crippen molar-refractivity contribution in [2.45, 2.75) is 17.3 Å². The molecule has 0 amide bonds. The highest BCUT2D eigenvalue weighted by Crippen LogP contribution is 2.41. The Bertz CT molecular complexity index is 583.